The number of carboxylic acid groups (broad SMARTS) is 1. The Morgan fingerprint density at radius 2 is 2.27 bits per heavy atom. The second-order valence-corrected chi connectivity index (χ2v) is 7.58. The van der Waals surface area contributed by atoms with Gasteiger partial charge in [0.25, 0.3) is 5.91 Å². The molecule has 0 bridgehead atoms. The minimum Gasteiger partial charge on any atom is -0.481 e. The topological polar surface area (TPSA) is 113 Å². The van der Waals surface area contributed by atoms with E-state index in [0.29, 0.717) is 16.4 Å². The number of thiazole rings is 1. The highest BCUT2D eigenvalue weighted by Crippen LogP contribution is 2.32. The summed E-state index contributed by atoms with van der Waals surface area (Å²) in [5, 5.41) is 13.1. The Kier molecular flexibility index (Phi) is 5.49. The number of hydrogen-bond acceptors (Lipinski definition) is 8. The summed E-state index contributed by atoms with van der Waals surface area (Å²) in [4.78, 5) is 40.8. The van der Waals surface area contributed by atoms with Crippen LogP contribution in [0, 0.1) is 0 Å². The summed E-state index contributed by atoms with van der Waals surface area (Å²) in [6.45, 7) is -0.256. The molecule has 3 heterocycles. The molecule has 0 saturated carbocycles. The molecule has 3 rings (SSSR count). The number of anilines is 1. The second kappa shape index (κ2) is 7.81. The van der Waals surface area contributed by atoms with Gasteiger partial charge in [0.2, 0.25) is 5.91 Å². The van der Waals surface area contributed by atoms with Crippen LogP contribution in [0.25, 0.3) is 6.08 Å². The summed E-state index contributed by atoms with van der Waals surface area (Å²) in [6.07, 6.45) is 2.83. The Morgan fingerprint density at radius 1 is 1.46 bits per heavy atom. The van der Waals surface area contributed by atoms with E-state index in [2.05, 4.69) is 10.3 Å². The van der Waals surface area contributed by atoms with Gasteiger partial charge in [0.15, 0.2) is 5.13 Å². The van der Waals surface area contributed by atoms with Crippen LogP contribution in [0.4, 0.5) is 5.13 Å². The van der Waals surface area contributed by atoms with Crippen molar-refractivity contribution in [3.63, 3.8) is 0 Å². The predicted octanol–water partition coefficient (Wildman–Crippen LogP) is 2.20. The van der Waals surface area contributed by atoms with Crippen LogP contribution >= 0.6 is 35.3 Å². The van der Waals surface area contributed by atoms with E-state index in [1.54, 1.807) is 23.6 Å². The molecule has 0 aliphatic carbocycles. The lowest BCUT2D eigenvalue weighted by Gasteiger charge is -2.13. The van der Waals surface area contributed by atoms with Crippen molar-refractivity contribution in [1.29, 1.82) is 0 Å². The number of amides is 2. The summed E-state index contributed by atoms with van der Waals surface area (Å²) < 4.78 is 5.44. The van der Waals surface area contributed by atoms with E-state index in [4.69, 9.17) is 21.7 Å². The molecule has 1 aliphatic heterocycles. The lowest BCUT2D eigenvalue weighted by atomic mass is 10.3. The standard InChI is InChI=1S/C15H11N3O5S3/c19-11(17-14-16-8(7-25-14)4-12(20)21)6-18-13(22)10(26-15(18)24)5-9-2-1-3-23-9/h1-3,5,7H,4,6H2,(H,20,21)(H,16,17,19)/b10-5-. The zero-order chi connectivity index (χ0) is 18.7. The number of hydrogen-bond donors (Lipinski definition) is 2. The molecule has 2 aromatic heterocycles. The van der Waals surface area contributed by atoms with Crippen LogP contribution in [0.5, 0.6) is 0 Å². The summed E-state index contributed by atoms with van der Waals surface area (Å²) in [5.74, 6) is -1.34. The molecule has 2 aromatic rings. The normalized spacial score (nSPS) is 15.7. The smallest absolute Gasteiger partial charge is 0.309 e. The molecule has 0 aromatic carbocycles. The Morgan fingerprint density at radius 3 is 2.96 bits per heavy atom. The van der Waals surface area contributed by atoms with Crippen molar-refractivity contribution < 1.29 is 23.9 Å². The van der Waals surface area contributed by atoms with Crippen LogP contribution in [-0.4, -0.2) is 43.6 Å². The molecular weight excluding hydrogens is 398 g/mol. The third kappa shape index (κ3) is 4.36. The van der Waals surface area contributed by atoms with Gasteiger partial charge in [-0.25, -0.2) is 4.98 Å². The molecule has 11 heteroatoms. The number of aliphatic carboxylic acids is 1. The van der Waals surface area contributed by atoms with Gasteiger partial charge in [-0.2, -0.15) is 0 Å². The van der Waals surface area contributed by atoms with Gasteiger partial charge in [-0.15, -0.1) is 11.3 Å². The lowest BCUT2D eigenvalue weighted by molar-refractivity contribution is -0.136. The molecule has 1 aliphatic rings. The van der Waals surface area contributed by atoms with Gasteiger partial charge in [-0.3, -0.25) is 19.3 Å². The molecule has 134 valence electrons. The maximum atomic E-state index is 12.4. The van der Waals surface area contributed by atoms with E-state index in [1.165, 1.54) is 11.2 Å². The molecule has 0 atom stereocenters. The molecule has 8 nitrogen and oxygen atoms in total. The first-order valence-electron chi connectivity index (χ1n) is 7.17. The van der Waals surface area contributed by atoms with E-state index in [1.807, 2.05) is 0 Å². The zero-order valence-electron chi connectivity index (χ0n) is 13.0. The highest BCUT2D eigenvalue weighted by molar-refractivity contribution is 8.26. The van der Waals surface area contributed by atoms with Crippen molar-refractivity contribution in [2.75, 3.05) is 11.9 Å². The van der Waals surface area contributed by atoms with Crippen molar-refractivity contribution in [2.45, 2.75) is 6.42 Å². The Labute approximate surface area is 160 Å². The highest BCUT2D eigenvalue weighted by Gasteiger charge is 2.33. The number of thioether (sulfide) groups is 1. The summed E-state index contributed by atoms with van der Waals surface area (Å²) in [6, 6.07) is 3.41. The number of furan rings is 1. The van der Waals surface area contributed by atoms with Crippen LogP contribution < -0.4 is 5.32 Å². The zero-order valence-corrected chi connectivity index (χ0v) is 15.4. The third-order valence-corrected chi connectivity index (χ3v) is 5.31. The number of thiocarbonyl (C=S) groups is 1. The van der Waals surface area contributed by atoms with Crippen LogP contribution in [0.15, 0.2) is 33.1 Å². The highest BCUT2D eigenvalue weighted by atomic mass is 32.2. The minimum atomic E-state index is -1.01. The van der Waals surface area contributed by atoms with E-state index in [9.17, 15) is 14.4 Å². The summed E-state index contributed by atoms with van der Waals surface area (Å²) >= 11 is 7.36. The van der Waals surface area contributed by atoms with Gasteiger partial charge in [-0.1, -0.05) is 24.0 Å². The fourth-order valence-corrected chi connectivity index (χ4v) is 4.00. The lowest BCUT2D eigenvalue weighted by Crippen LogP contribution is -2.36. The van der Waals surface area contributed by atoms with Crippen LogP contribution in [-0.2, 0) is 20.8 Å². The molecule has 2 N–H and O–H groups in total. The number of carbonyl (C=O) groups excluding carboxylic acids is 2. The Hall–Kier alpha value is -2.50. The molecule has 0 spiro atoms. The Bertz CT molecular complexity index is 904. The number of rotatable bonds is 6. The number of carbonyl (C=O) groups is 3. The molecule has 0 unspecified atom stereocenters. The monoisotopic (exact) mass is 409 g/mol. The van der Waals surface area contributed by atoms with Crippen molar-refractivity contribution in [3.05, 3.63) is 40.1 Å². The van der Waals surface area contributed by atoms with Crippen LogP contribution in [0.1, 0.15) is 11.5 Å². The molecule has 26 heavy (non-hydrogen) atoms. The number of carboxylic acids is 1. The van der Waals surface area contributed by atoms with E-state index in [0.717, 1.165) is 23.1 Å². The summed E-state index contributed by atoms with van der Waals surface area (Å²) in [5.41, 5.74) is 0.352. The number of aromatic nitrogens is 1. The first-order valence-corrected chi connectivity index (χ1v) is 9.28. The van der Waals surface area contributed by atoms with E-state index < -0.39 is 11.9 Å². The van der Waals surface area contributed by atoms with Gasteiger partial charge >= 0.3 is 5.97 Å². The SMILES string of the molecule is O=C(O)Cc1csc(NC(=O)CN2C(=O)/C(=C/c3ccco3)SC2=S)n1. The number of nitrogens with one attached hydrogen (secondary N) is 1. The fourth-order valence-electron chi connectivity index (χ4n) is 2.04. The summed E-state index contributed by atoms with van der Waals surface area (Å²) in [7, 11) is 0. The van der Waals surface area contributed by atoms with Crippen molar-refractivity contribution in [2.24, 2.45) is 0 Å². The maximum Gasteiger partial charge on any atom is 0.309 e. The molecule has 0 radical (unpaired) electrons. The van der Waals surface area contributed by atoms with E-state index in [-0.39, 0.29) is 28.3 Å². The number of nitrogens with zero attached hydrogens (tertiary/aromatic N) is 2. The van der Waals surface area contributed by atoms with E-state index >= 15 is 0 Å². The van der Waals surface area contributed by atoms with Crippen LogP contribution in [0.3, 0.4) is 0 Å². The predicted molar refractivity (Wildman–Crippen MR) is 101 cm³/mol. The Balaban J connectivity index is 1.62. The van der Waals surface area contributed by atoms with Crippen molar-refractivity contribution >= 4 is 68.6 Å². The molecule has 1 saturated heterocycles. The first kappa shape index (κ1) is 18.3. The average Bonchev–Trinajstić information content (AvgIpc) is 3.27. The van der Waals surface area contributed by atoms with Crippen molar-refractivity contribution in [3.8, 4) is 0 Å². The van der Waals surface area contributed by atoms with Gasteiger partial charge in [0.05, 0.1) is 23.3 Å². The fraction of sp³-hybridized carbons (Fsp3) is 0.133. The third-order valence-electron chi connectivity index (χ3n) is 3.12. The van der Waals surface area contributed by atoms with Gasteiger partial charge in [0.1, 0.15) is 16.6 Å². The first-order chi connectivity index (χ1) is 12.4. The van der Waals surface area contributed by atoms with Gasteiger partial charge < -0.3 is 14.8 Å². The molecule has 2 amide bonds. The van der Waals surface area contributed by atoms with Gasteiger partial charge in [-0.05, 0) is 12.1 Å². The largest absolute Gasteiger partial charge is 0.481 e. The second-order valence-electron chi connectivity index (χ2n) is 5.05. The molecular formula is C15H11N3O5S3. The molecule has 1 fully saturated rings. The average molecular weight is 409 g/mol. The minimum absolute atomic E-state index is 0.224. The maximum absolute atomic E-state index is 12.4. The van der Waals surface area contributed by atoms with Gasteiger partial charge in [0, 0.05) is 11.5 Å². The quantitative estimate of drug-likeness (QED) is 0.552. The van der Waals surface area contributed by atoms with Crippen molar-refractivity contribution in [1.82, 2.24) is 9.88 Å². The van der Waals surface area contributed by atoms with Crippen LogP contribution in [0.2, 0.25) is 0 Å².